The van der Waals surface area contributed by atoms with Crippen molar-refractivity contribution in [2.75, 3.05) is 6.54 Å². The molecule has 0 spiro atoms. The highest BCUT2D eigenvalue weighted by atomic mass is 16.2. The summed E-state index contributed by atoms with van der Waals surface area (Å²) in [6, 6.07) is 15.9. The molecule has 0 aromatic heterocycles. The van der Waals surface area contributed by atoms with E-state index in [4.69, 9.17) is 0 Å². The minimum Gasteiger partial charge on any atom is -0.352 e. The van der Waals surface area contributed by atoms with E-state index in [1.165, 1.54) is 5.56 Å². The molecule has 0 aliphatic rings. The number of nitrogens with one attached hydrogen (secondary N) is 1. The highest BCUT2D eigenvalue weighted by Crippen LogP contribution is 2.16. The number of carbonyl (C=O) groups is 2. The lowest BCUT2D eigenvalue weighted by molar-refractivity contribution is -0.140. The molecule has 4 heteroatoms. The standard InChI is InChI=1S/C26H36N2O2/c1-6-21(5)27-26(30)24(7-2)28(16-15-22-11-9-8-10-12-22)25(29)18-23-17-19(3)13-14-20(23)4/h8-14,17,21,24H,6-7,15-16,18H2,1-5H3,(H,27,30)/t21-,24+/m1/s1. The van der Waals surface area contributed by atoms with Crippen LogP contribution in [0.1, 0.15) is 55.9 Å². The zero-order chi connectivity index (χ0) is 22.1. The van der Waals surface area contributed by atoms with Crippen molar-refractivity contribution in [3.63, 3.8) is 0 Å². The van der Waals surface area contributed by atoms with E-state index in [1.807, 2.05) is 52.8 Å². The van der Waals surface area contributed by atoms with Crippen LogP contribution in [0.5, 0.6) is 0 Å². The number of benzene rings is 2. The van der Waals surface area contributed by atoms with Gasteiger partial charge in [0.15, 0.2) is 0 Å². The summed E-state index contributed by atoms with van der Waals surface area (Å²) in [7, 11) is 0. The number of amides is 2. The molecule has 2 atom stereocenters. The van der Waals surface area contributed by atoms with E-state index in [-0.39, 0.29) is 17.9 Å². The number of rotatable bonds is 10. The summed E-state index contributed by atoms with van der Waals surface area (Å²) in [6.45, 7) is 10.6. The van der Waals surface area contributed by atoms with Gasteiger partial charge in [-0.2, -0.15) is 0 Å². The molecule has 0 saturated carbocycles. The first-order valence-electron chi connectivity index (χ1n) is 11.1. The van der Waals surface area contributed by atoms with Crippen LogP contribution in [0.2, 0.25) is 0 Å². The molecule has 1 N–H and O–H groups in total. The van der Waals surface area contributed by atoms with Crippen LogP contribution in [0.3, 0.4) is 0 Å². The third-order valence-electron chi connectivity index (χ3n) is 5.72. The van der Waals surface area contributed by atoms with Crippen molar-refractivity contribution in [2.24, 2.45) is 0 Å². The fourth-order valence-corrected chi connectivity index (χ4v) is 3.59. The van der Waals surface area contributed by atoms with Crippen LogP contribution < -0.4 is 5.32 Å². The minimum atomic E-state index is -0.458. The second-order valence-electron chi connectivity index (χ2n) is 8.17. The van der Waals surface area contributed by atoms with Crippen LogP contribution in [0, 0.1) is 13.8 Å². The Morgan fingerprint density at radius 1 is 1.00 bits per heavy atom. The van der Waals surface area contributed by atoms with E-state index in [9.17, 15) is 9.59 Å². The van der Waals surface area contributed by atoms with Crippen LogP contribution in [-0.2, 0) is 22.4 Å². The van der Waals surface area contributed by atoms with Crippen LogP contribution in [0.4, 0.5) is 0 Å². The molecule has 0 aliphatic heterocycles. The van der Waals surface area contributed by atoms with Crippen molar-refractivity contribution < 1.29 is 9.59 Å². The second kappa shape index (κ2) is 11.5. The summed E-state index contributed by atoms with van der Waals surface area (Å²) in [4.78, 5) is 28.2. The van der Waals surface area contributed by atoms with Gasteiger partial charge in [0.25, 0.3) is 0 Å². The maximum absolute atomic E-state index is 13.4. The molecule has 162 valence electrons. The van der Waals surface area contributed by atoms with E-state index >= 15 is 0 Å². The first-order valence-corrected chi connectivity index (χ1v) is 11.1. The van der Waals surface area contributed by atoms with Crippen molar-refractivity contribution in [2.45, 2.75) is 72.4 Å². The molecule has 2 rings (SSSR count). The smallest absolute Gasteiger partial charge is 0.243 e. The van der Waals surface area contributed by atoms with Gasteiger partial charge in [-0.15, -0.1) is 0 Å². The normalized spacial score (nSPS) is 12.8. The Bertz CT molecular complexity index is 832. The molecular formula is C26H36N2O2. The average molecular weight is 409 g/mol. The highest BCUT2D eigenvalue weighted by molar-refractivity contribution is 5.88. The van der Waals surface area contributed by atoms with E-state index in [2.05, 4.69) is 35.6 Å². The third kappa shape index (κ3) is 6.72. The number of nitrogens with zero attached hydrogens (tertiary/aromatic N) is 1. The van der Waals surface area contributed by atoms with Gasteiger partial charge >= 0.3 is 0 Å². The molecule has 0 unspecified atom stereocenters. The monoisotopic (exact) mass is 408 g/mol. The molecule has 0 aliphatic carbocycles. The van der Waals surface area contributed by atoms with Gasteiger partial charge in [0.05, 0.1) is 6.42 Å². The van der Waals surface area contributed by atoms with Crippen LogP contribution in [0.15, 0.2) is 48.5 Å². The Labute approximate surface area is 181 Å². The lowest BCUT2D eigenvalue weighted by atomic mass is 10.0. The predicted molar refractivity (Wildman–Crippen MR) is 123 cm³/mol. The summed E-state index contributed by atoms with van der Waals surface area (Å²) in [5, 5.41) is 3.07. The summed E-state index contributed by atoms with van der Waals surface area (Å²) < 4.78 is 0. The molecule has 0 heterocycles. The maximum atomic E-state index is 13.4. The Kier molecular flexibility index (Phi) is 9.10. The Balaban J connectivity index is 2.24. The first-order chi connectivity index (χ1) is 14.3. The van der Waals surface area contributed by atoms with Gasteiger partial charge in [0.2, 0.25) is 11.8 Å². The van der Waals surface area contributed by atoms with E-state index < -0.39 is 6.04 Å². The van der Waals surface area contributed by atoms with Crippen LogP contribution in [-0.4, -0.2) is 35.3 Å². The van der Waals surface area contributed by atoms with E-state index in [0.717, 1.165) is 29.5 Å². The van der Waals surface area contributed by atoms with E-state index in [1.54, 1.807) is 4.90 Å². The number of hydrogen-bond donors (Lipinski definition) is 1. The maximum Gasteiger partial charge on any atom is 0.243 e. The van der Waals surface area contributed by atoms with Crippen LogP contribution in [0.25, 0.3) is 0 Å². The Morgan fingerprint density at radius 3 is 2.33 bits per heavy atom. The van der Waals surface area contributed by atoms with Crippen molar-refractivity contribution in [1.29, 1.82) is 0 Å². The third-order valence-corrected chi connectivity index (χ3v) is 5.72. The zero-order valence-corrected chi connectivity index (χ0v) is 19.1. The second-order valence-corrected chi connectivity index (χ2v) is 8.17. The molecule has 2 aromatic carbocycles. The molecule has 0 radical (unpaired) electrons. The molecule has 2 amide bonds. The van der Waals surface area contributed by atoms with E-state index in [0.29, 0.717) is 19.4 Å². The zero-order valence-electron chi connectivity index (χ0n) is 19.1. The Hall–Kier alpha value is -2.62. The lowest BCUT2D eigenvalue weighted by Gasteiger charge is -2.31. The average Bonchev–Trinajstić information content (AvgIpc) is 2.74. The van der Waals surface area contributed by atoms with Gasteiger partial charge < -0.3 is 10.2 Å². The predicted octanol–water partition coefficient (Wildman–Crippen LogP) is 4.61. The quantitative estimate of drug-likeness (QED) is 0.624. The van der Waals surface area contributed by atoms with Gasteiger partial charge in [0.1, 0.15) is 6.04 Å². The fourth-order valence-electron chi connectivity index (χ4n) is 3.59. The summed E-state index contributed by atoms with van der Waals surface area (Å²) >= 11 is 0. The number of carbonyl (C=O) groups excluding carboxylic acids is 2. The molecule has 0 saturated heterocycles. The number of hydrogen-bond acceptors (Lipinski definition) is 2. The van der Waals surface area contributed by atoms with Gasteiger partial charge in [0, 0.05) is 12.6 Å². The van der Waals surface area contributed by atoms with Crippen LogP contribution >= 0.6 is 0 Å². The van der Waals surface area contributed by atoms with Gasteiger partial charge in [-0.25, -0.2) is 0 Å². The number of aryl methyl sites for hydroxylation is 2. The van der Waals surface area contributed by atoms with Crippen molar-refractivity contribution in [3.8, 4) is 0 Å². The fraction of sp³-hybridized carbons (Fsp3) is 0.462. The molecule has 0 fully saturated rings. The molecule has 4 nitrogen and oxygen atoms in total. The Morgan fingerprint density at radius 2 is 1.70 bits per heavy atom. The topological polar surface area (TPSA) is 49.4 Å². The minimum absolute atomic E-state index is 0.00535. The van der Waals surface area contributed by atoms with Crippen molar-refractivity contribution >= 4 is 11.8 Å². The largest absolute Gasteiger partial charge is 0.352 e. The summed E-state index contributed by atoms with van der Waals surface area (Å²) in [5.74, 6) is -0.0555. The lowest BCUT2D eigenvalue weighted by Crippen LogP contribution is -2.52. The molecule has 30 heavy (non-hydrogen) atoms. The first kappa shape index (κ1) is 23.7. The molecular weight excluding hydrogens is 372 g/mol. The van der Waals surface area contributed by atoms with Gasteiger partial charge in [-0.3, -0.25) is 9.59 Å². The SMILES string of the molecule is CC[C@@H](C)NC(=O)[C@H](CC)N(CCc1ccccc1)C(=O)Cc1cc(C)ccc1C. The van der Waals surface area contributed by atoms with Gasteiger partial charge in [-0.1, -0.05) is 67.9 Å². The van der Waals surface area contributed by atoms with Crippen molar-refractivity contribution in [3.05, 3.63) is 70.8 Å². The summed E-state index contributed by atoms with van der Waals surface area (Å²) in [6.07, 6.45) is 2.50. The summed E-state index contributed by atoms with van der Waals surface area (Å²) in [5.41, 5.74) is 4.44. The molecule has 0 bridgehead atoms. The van der Waals surface area contributed by atoms with Crippen molar-refractivity contribution in [1.82, 2.24) is 10.2 Å². The highest BCUT2D eigenvalue weighted by Gasteiger charge is 2.29. The molecule has 2 aromatic rings. The van der Waals surface area contributed by atoms with Gasteiger partial charge in [-0.05, 0) is 56.7 Å².